The van der Waals surface area contributed by atoms with Crippen molar-refractivity contribution in [1.82, 2.24) is 4.98 Å². The van der Waals surface area contributed by atoms with Crippen LogP contribution in [-0.2, 0) is 6.42 Å². The molecule has 0 spiro atoms. The summed E-state index contributed by atoms with van der Waals surface area (Å²) in [6, 6.07) is 10.1. The second-order valence-corrected chi connectivity index (χ2v) is 7.13. The molecule has 1 aliphatic carbocycles. The van der Waals surface area contributed by atoms with Crippen molar-refractivity contribution in [1.29, 1.82) is 0 Å². The van der Waals surface area contributed by atoms with Crippen LogP contribution in [0, 0.1) is 5.41 Å². The van der Waals surface area contributed by atoms with Gasteiger partial charge < -0.3 is 9.84 Å². The van der Waals surface area contributed by atoms with Crippen molar-refractivity contribution in [3.8, 4) is 17.0 Å². The molecule has 3 rings (SSSR count). The van der Waals surface area contributed by atoms with Gasteiger partial charge >= 0.3 is 0 Å². The molecular weight excluding hydrogens is 274 g/mol. The molecular formula is C19H23NO2. The fourth-order valence-electron chi connectivity index (χ4n) is 2.88. The molecule has 0 aliphatic heterocycles. The number of hydrogen-bond donors (Lipinski definition) is 1. The first-order valence-corrected chi connectivity index (χ1v) is 7.84. The maximum Gasteiger partial charge on any atom is 0.221 e. The fraction of sp³-hybridized carbons (Fsp3) is 0.421. The van der Waals surface area contributed by atoms with E-state index in [1.165, 1.54) is 5.56 Å². The summed E-state index contributed by atoms with van der Waals surface area (Å²) in [7, 11) is 0. The third kappa shape index (κ3) is 3.00. The van der Waals surface area contributed by atoms with Gasteiger partial charge in [-0.3, -0.25) is 0 Å². The van der Waals surface area contributed by atoms with E-state index in [0.717, 1.165) is 29.5 Å². The lowest BCUT2D eigenvalue weighted by atomic mass is 9.97. The Labute approximate surface area is 132 Å². The fourth-order valence-corrected chi connectivity index (χ4v) is 2.88. The summed E-state index contributed by atoms with van der Waals surface area (Å²) in [5, 5.41) is 10.1. The molecule has 3 nitrogen and oxygen atoms in total. The van der Waals surface area contributed by atoms with Crippen molar-refractivity contribution < 1.29 is 9.84 Å². The number of aliphatic hydroxyl groups is 1. The Kier molecular flexibility index (Phi) is 3.92. The van der Waals surface area contributed by atoms with E-state index >= 15 is 0 Å². The Hall–Kier alpha value is -1.87. The van der Waals surface area contributed by atoms with Crippen molar-refractivity contribution in [2.24, 2.45) is 5.41 Å². The lowest BCUT2D eigenvalue weighted by Crippen LogP contribution is -2.17. The quantitative estimate of drug-likeness (QED) is 0.925. The number of nitrogens with zero attached hydrogens (tertiary/aromatic N) is 1. The third-order valence-corrected chi connectivity index (χ3v) is 3.94. The second kappa shape index (κ2) is 5.73. The number of fused-ring (bicyclic) bond motifs is 1. The molecule has 3 heteroatoms. The first-order valence-electron chi connectivity index (χ1n) is 7.84. The molecule has 0 saturated heterocycles. The highest BCUT2D eigenvalue weighted by atomic mass is 16.5. The zero-order valence-corrected chi connectivity index (χ0v) is 13.5. The van der Waals surface area contributed by atoms with Crippen LogP contribution in [0.2, 0.25) is 0 Å². The minimum atomic E-state index is -0.342. The predicted molar refractivity (Wildman–Crippen MR) is 87.9 cm³/mol. The second-order valence-electron chi connectivity index (χ2n) is 7.13. The summed E-state index contributed by atoms with van der Waals surface area (Å²) in [6.45, 7) is 7.05. The summed E-state index contributed by atoms with van der Waals surface area (Å²) >= 11 is 0. The van der Waals surface area contributed by atoms with Gasteiger partial charge in [0.05, 0.1) is 12.7 Å². The van der Waals surface area contributed by atoms with Crippen LogP contribution in [0.5, 0.6) is 5.88 Å². The number of benzene rings is 1. The van der Waals surface area contributed by atoms with Crippen LogP contribution in [0.1, 0.15) is 44.4 Å². The molecule has 1 heterocycles. The molecule has 0 fully saturated rings. The van der Waals surface area contributed by atoms with Crippen LogP contribution < -0.4 is 4.74 Å². The smallest absolute Gasteiger partial charge is 0.221 e. The molecule has 0 amide bonds. The maximum atomic E-state index is 10.1. The SMILES string of the molecule is CC(C)(C)COc1ncccc1-c1cccc2c1CCC2O. The molecule has 1 aromatic heterocycles. The Morgan fingerprint density at radius 2 is 1.95 bits per heavy atom. The van der Waals surface area contributed by atoms with E-state index in [0.29, 0.717) is 12.5 Å². The number of aromatic nitrogens is 1. The molecule has 2 aromatic rings. The molecule has 22 heavy (non-hydrogen) atoms. The van der Waals surface area contributed by atoms with Crippen molar-refractivity contribution in [2.45, 2.75) is 39.7 Å². The monoisotopic (exact) mass is 297 g/mol. The lowest BCUT2D eigenvalue weighted by Gasteiger charge is -2.20. The van der Waals surface area contributed by atoms with Crippen LogP contribution in [0.4, 0.5) is 0 Å². The maximum absolute atomic E-state index is 10.1. The zero-order chi connectivity index (χ0) is 15.7. The molecule has 1 atom stereocenters. The lowest BCUT2D eigenvalue weighted by molar-refractivity contribution is 0.180. The van der Waals surface area contributed by atoms with E-state index in [2.05, 4.69) is 31.8 Å². The van der Waals surface area contributed by atoms with E-state index in [-0.39, 0.29) is 11.5 Å². The van der Waals surface area contributed by atoms with Gasteiger partial charge in [-0.25, -0.2) is 4.98 Å². The molecule has 0 bridgehead atoms. The Morgan fingerprint density at radius 1 is 1.18 bits per heavy atom. The average Bonchev–Trinajstić information content (AvgIpc) is 2.87. The number of rotatable bonds is 3. The van der Waals surface area contributed by atoms with Crippen LogP contribution in [0.3, 0.4) is 0 Å². The zero-order valence-electron chi connectivity index (χ0n) is 13.5. The predicted octanol–water partition coefficient (Wildman–Crippen LogP) is 4.15. The van der Waals surface area contributed by atoms with Gasteiger partial charge in [0.15, 0.2) is 0 Å². The van der Waals surface area contributed by atoms with Gasteiger partial charge in [0, 0.05) is 11.8 Å². The average molecular weight is 297 g/mol. The van der Waals surface area contributed by atoms with Crippen LogP contribution >= 0.6 is 0 Å². The largest absolute Gasteiger partial charge is 0.477 e. The first kappa shape index (κ1) is 15.0. The van der Waals surface area contributed by atoms with Gasteiger partial charge in [0.25, 0.3) is 0 Å². The van der Waals surface area contributed by atoms with Crippen molar-refractivity contribution in [3.05, 3.63) is 47.7 Å². The van der Waals surface area contributed by atoms with E-state index in [1.54, 1.807) is 6.20 Å². The summed E-state index contributed by atoms with van der Waals surface area (Å²) in [5.74, 6) is 0.673. The Morgan fingerprint density at radius 3 is 2.73 bits per heavy atom. The molecule has 1 N–H and O–H groups in total. The van der Waals surface area contributed by atoms with Gasteiger partial charge in [0.2, 0.25) is 5.88 Å². The molecule has 0 radical (unpaired) electrons. The van der Waals surface area contributed by atoms with Crippen LogP contribution in [-0.4, -0.2) is 16.7 Å². The molecule has 1 aromatic carbocycles. The normalized spacial score (nSPS) is 17.4. The number of hydrogen-bond acceptors (Lipinski definition) is 3. The van der Waals surface area contributed by atoms with Crippen LogP contribution in [0.15, 0.2) is 36.5 Å². The number of aliphatic hydroxyl groups excluding tert-OH is 1. The van der Waals surface area contributed by atoms with E-state index in [9.17, 15) is 5.11 Å². The highest BCUT2D eigenvalue weighted by Crippen LogP contribution is 2.40. The summed E-state index contributed by atoms with van der Waals surface area (Å²) in [6.07, 6.45) is 3.12. The molecule has 1 aliphatic rings. The van der Waals surface area contributed by atoms with Gasteiger partial charge in [-0.15, -0.1) is 0 Å². The summed E-state index contributed by atoms with van der Waals surface area (Å²) < 4.78 is 5.97. The minimum absolute atomic E-state index is 0.0869. The third-order valence-electron chi connectivity index (χ3n) is 3.94. The van der Waals surface area contributed by atoms with Gasteiger partial charge in [-0.2, -0.15) is 0 Å². The van der Waals surface area contributed by atoms with E-state index in [4.69, 9.17) is 4.74 Å². The Bertz CT molecular complexity index is 673. The summed E-state index contributed by atoms with van der Waals surface area (Å²) in [5.41, 5.74) is 4.50. The van der Waals surface area contributed by atoms with Gasteiger partial charge in [0.1, 0.15) is 0 Å². The van der Waals surface area contributed by atoms with Crippen molar-refractivity contribution in [2.75, 3.05) is 6.61 Å². The highest BCUT2D eigenvalue weighted by molar-refractivity contribution is 5.73. The van der Waals surface area contributed by atoms with Crippen LogP contribution in [0.25, 0.3) is 11.1 Å². The summed E-state index contributed by atoms with van der Waals surface area (Å²) in [4.78, 5) is 4.42. The van der Waals surface area contributed by atoms with Gasteiger partial charge in [-0.05, 0) is 47.1 Å². The number of pyridine rings is 1. The van der Waals surface area contributed by atoms with E-state index in [1.807, 2.05) is 24.3 Å². The van der Waals surface area contributed by atoms with Crippen molar-refractivity contribution in [3.63, 3.8) is 0 Å². The van der Waals surface area contributed by atoms with E-state index < -0.39 is 0 Å². The van der Waals surface area contributed by atoms with Crippen molar-refractivity contribution >= 4 is 0 Å². The topological polar surface area (TPSA) is 42.4 Å². The first-order chi connectivity index (χ1) is 10.5. The van der Waals surface area contributed by atoms with Gasteiger partial charge in [-0.1, -0.05) is 39.0 Å². The highest BCUT2D eigenvalue weighted by Gasteiger charge is 2.24. The Balaban J connectivity index is 2.00. The number of ether oxygens (including phenoxy) is 1. The molecule has 0 saturated carbocycles. The minimum Gasteiger partial charge on any atom is -0.477 e. The molecule has 1 unspecified atom stereocenters. The standard InChI is InChI=1S/C19H23NO2/c1-19(2,3)12-22-18-16(8-5-11-20-18)13-6-4-7-15-14(13)9-10-17(15)21/h4-8,11,17,21H,9-10,12H2,1-3H3. The molecule has 116 valence electrons.